The summed E-state index contributed by atoms with van der Waals surface area (Å²) < 4.78 is 21.2. The molecule has 168 valence electrons. The van der Waals surface area contributed by atoms with E-state index in [1.54, 1.807) is 0 Å². The Morgan fingerprint density at radius 3 is 1.58 bits per heavy atom. The molecule has 5 nitrogen and oxygen atoms in total. The number of aromatic nitrogens is 1. The van der Waals surface area contributed by atoms with E-state index in [0.717, 1.165) is 40.8 Å². The number of hydrogen-bond acceptors (Lipinski definition) is 4. The molecule has 0 aliphatic rings. The molecule has 1 heterocycles. The lowest BCUT2D eigenvalue weighted by atomic mass is 10.1. The van der Waals surface area contributed by atoms with Crippen molar-refractivity contribution in [3.8, 4) is 0 Å². The van der Waals surface area contributed by atoms with Gasteiger partial charge in [0.15, 0.2) is 5.43 Å². The predicted octanol–water partition coefficient (Wildman–Crippen LogP) is 5.76. The second-order valence-corrected chi connectivity index (χ2v) is 11.4. The summed E-state index contributed by atoms with van der Waals surface area (Å²) in [6.45, 7) is 12.9. The molecule has 0 N–H and O–H groups in total. The molecular formula is C25H35NO4Si. The maximum absolute atomic E-state index is 13.0. The molecule has 0 atom stereocenters. The monoisotopic (exact) mass is 441 g/mol. The van der Waals surface area contributed by atoms with E-state index in [-0.39, 0.29) is 23.7 Å². The first-order valence-electron chi connectivity index (χ1n) is 11.3. The first-order chi connectivity index (χ1) is 14.7. The van der Waals surface area contributed by atoms with E-state index in [4.69, 9.17) is 13.3 Å². The summed E-state index contributed by atoms with van der Waals surface area (Å²) in [4.78, 5) is 13.0. The first kappa shape index (κ1) is 23.7. The van der Waals surface area contributed by atoms with Crippen LogP contribution in [0.1, 0.15) is 48.0 Å². The molecule has 0 amide bonds. The zero-order valence-corrected chi connectivity index (χ0v) is 20.6. The SMILES string of the molecule is CC(C)O[Si](CCCn1c2ccccc2c(=O)c2ccccc21)(OC(C)C)OC(C)C. The molecule has 3 aromatic rings. The van der Waals surface area contributed by atoms with Crippen molar-refractivity contribution in [3.63, 3.8) is 0 Å². The second kappa shape index (κ2) is 10.1. The number of hydrogen-bond donors (Lipinski definition) is 0. The van der Waals surface area contributed by atoms with E-state index in [0.29, 0.717) is 0 Å². The van der Waals surface area contributed by atoms with Gasteiger partial charge < -0.3 is 17.8 Å². The molecule has 0 spiro atoms. The molecule has 0 aliphatic carbocycles. The van der Waals surface area contributed by atoms with Gasteiger partial charge in [0.25, 0.3) is 0 Å². The van der Waals surface area contributed by atoms with Crippen LogP contribution in [0.25, 0.3) is 21.8 Å². The van der Waals surface area contributed by atoms with Crippen molar-refractivity contribution in [2.45, 2.75) is 78.9 Å². The Bertz CT molecular complexity index is 987. The average Bonchev–Trinajstić information content (AvgIpc) is 2.69. The summed E-state index contributed by atoms with van der Waals surface area (Å²) in [6.07, 6.45) is 0.907. The van der Waals surface area contributed by atoms with Gasteiger partial charge >= 0.3 is 8.80 Å². The Morgan fingerprint density at radius 2 is 1.16 bits per heavy atom. The average molecular weight is 442 g/mol. The molecule has 2 aromatic carbocycles. The predicted molar refractivity (Wildman–Crippen MR) is 130 cm³/mol. The highest BCUT2D eigenvalue weighted by atomic mass is 28.4. The lowest BCUT2D eigenvalue weighted by molar-refractivity contribution is 0.00272. The number of benzene rings is 2. The number of rotatable bonds is 10. The van der Waals surface area contributed by atoms with Crippen LogP contribution in [0.3, 0.4) is 0 Å². The van der Waals surface area contributed by atoms with Crippen molar-refractivity contribution in [2.75, 3.05) is 0 Å². The third kappa shape index (κ3) is 5.63. The summed E-state index contributed by atoms with van der Waals surface area (Å²) in [5, 5.41) is 1.50. The molecule has 0 saturated carbocycles. The lowest BCUT2D eigenvalue weighted by Crippen LogP contribution is -2.50. The van der Waals surface area contributed by atoms with Gasteiger partial charge in [0.05, 0.1) is 11.0 Å². The standard InChI is InChI=1S/C25H35NO4Si/c1-18(2)28-31(29-19(3)4,30-20(5)6)17-11-16-26-23-14-9-7-12-21(23)25(27)22-13-8-10-15-24(22)26/h7-10,12-15,18-20H,11,16-17H2,1-6H3. The zero-order chi connectivity index (χ0) is 22.6. The number of nitrogens with zero attached hydrogens (tertiary/aromatic N) is 1. The van der Waals surface area contributed by atoms with Gasteiger partial charge in [-0.2, -0.15) is 0 Å². The third-order valence-corrected chi connectivity index (χ3v) is 8.45. The minimum absolute atomic E-state index is 0.0261. The van der Waals surface area contributed by atoms with E-state index in [1.165, 1.54) is 0 Å². The number of para-hydroxylation sites is 2. The summed E-state index contributed by atoms with van der Waals surface area (Å²) in [6, 6.07) is 16.4. The van der Waals surface area contributed by atoms with E-state index >= 15 is 0 Å². The molecule has 0 unspecified atom stereocenters. The fourth-order valence-electron chi connectivity index (χ4n) is 4.11. The number of aryl methyl sites for hydroxylation is 1. The van der Waals surface area contributed by atoms with Gasteiger partial charge in [-0.05, 0) is 72.2 Å². The Balaban J connectivity index is 1.96. The van der Waals surface area contributed by atoms with E-state index < -0.39 is 8.80 Å². The maximum atomic E-state index is 13.0. The van der Waals surface area contributed by atoms with Gasteiger partial charge in [0.2, 0.25) is 0 Å². The van der Waals surface area contributed by atoms with Gasteiger partial charge in [-0.15, -0.1) is 0 Å². The van der Waals surface area contributed by atoms with Crippen molar-refractivity contribution in [3.05, 3.63) is 58.8 Å². The van der Waals surface area contributed by atoms with Gasteiger partial charge in [0.1, 0.15) is 0 Å². The first-order valence-corrected chi connectivity index (χ1v) is 13.2. The summed E-state index contributed by atoms with van der Waals surface area (Å²) in [5.74, 6) is 0. The van der Waals surface area contributed by atoms with Crippen LogP contribution >= 0.6 is 0 Å². The van der Waals surface area contributed by atoms with Crippen LogP contribution in [0.4, 0.5) is 0 Å². The third-order valence-electron chi connectivity index (χ3n) is 4.99. The van der Waals surface area contributed by atoms with Gasteiger partial charge in [-0.3, -0.25) is 4.79 Å². The quantitative estimate of drug-likeness (QED) is 0.296. The molecule has 6 heteroatoms. The molecule has 31 heavy (non-hydrogen) atoms. The summed E-state index contributed by atoms with van der Waals surface area (Å²) >= 11 is 0. The normalized spacial score (nSPS) is 12.7. The lowest BCUT2D eigenvalue weighted by Gasteiger charge is -2.34. The van der Waals surface area contributed by atoms with Crippen LogP contribution in [0, 0.1) is 0 Å². The Hall–Kier alpha value is -1.99. The maximum Gasteiger partial charge on any atom is 0.501 e. The zero-order valence-electron chi connectivity index (χ0n) is 19.6. The van der Waals surface area contributed by atoms with Crippen molar-refractivity contribution >= 4 is 30.6 Å². The molecule has 0 aliphatic heterocycles. The van der Waals surface area contributed by atoms with Crippen molar-refractivity contribution < 1.29 is 13.3 Å². The highest BCUT2D eigenvalue weighted by Crippen LogP contribution is 2.26. The minimum Gasteiger partial charge on any atom is -0.371 e. The van der Waals surface area contributed by atoms with Gasteiger partial charge in [0, 0.05) is 41.7 Å². The van der Waals surface area contributed by atoms with Crippen LogP contribution in [0.5, 0.6) is 0 Å². The van der Waals surface area contributed by atoms with Crippen LogP contribution in [0.15, 0.2) is 53.3 Å². The fourth-order valence-corrected chi connectivity index (χ4v) is 7.37. The van der Waals surface area contributed by atoms with Crippen LogP contribution in [-0.2, 0) is 19.8 Å². The van der Waals surface area contributed by atoms with E-state index in [2.05, 4.69) is 4.57 Å². The highest BCUT2D eigenvalue weighted by Gasteiger charge is 2.43. The summed E-state index contributed by atoms with van der Waals surface area (Å²) in [7, 11) is -2.86. The molecule has 0 saturated heterocycles. The van der Waals surface area contributed by atoms with Crippen LogP contribution in [0.2, 0.25) is 6.04 Å². The largest absolute Gasteiger partial charge is 0.501 e. The Morgan fingerprint density at radius 1 is 0.742 bits per heavy atom. The van der Waals surface area contributed by atoms with Crippen LogP contribution in [-0.4, -0.2) is 31.7 Å². The molecule has 1 aromatic heterocycles. The number of fused-ring (bicyclic) bond motifs is 2. The second-order valence-electron chi connectivity index (χ2n) is 8.80. The highest BCUT2D eigenvalue weighted by molar-refractivity contribution is 6.60. The fraction of sp³-hybridized carbons (Fsp3) is 0.480. The molecule has 3 rings (SSSR count). The molecule has 0 radical (unpaired) electrons. The summed E-state index contributed by atoms with van der Waals surface area (Å²) in [5.41, 5.74) is 2.00. The Kier molecular flexibility index (Phi) is 7.70. The van der Waals surface area contributed by atoms with Crippen molar-refractivity contribution in [1.82, 2.24) is 4.57 Å². The van der Waals surface area contributed by atoms with Crippen molar-refractivity contribution in [2.24, 2.45) is 0 Å². The van der Waals surface area contributed by atoms with Crippen LogP contribution < -0.4 is 5.43 Å². The minimum atomic E-state index is -2.86. The van der Waals surface area contributed by atoms with E-state index in [1.807, 2.05) is 90.1 Å². The number of pyridine rings is 1. The molecule has 0 fully saturated rings. The molecule has 0 bridgehead atoms. The smallest absolute Gasteiger partial charge is 0.371 e. The molecular weight excluding hydrogens is 406 g/mol. The van der Waals surface area contributed by atoms with Crippen molar-refractivity contribution in [1.29, 1.82) is 0 Å². The Labute approximate surface area is 186 Å². The van der Waals surface area contributed by atoms with Gasteiger partial charge in [-0.1, -0.05) is 24.3 Å². The topological polar surface area (TPSA) is 49.7 Å². The van der Waals surface area contributed by atoms with E-state index in [9.17, 15) is 4.79 Å². The van der Waals surface area contributed by atoms with Gasteiger partial charge in [-0.25, -0.2) is 0 Å².